The summed E-state index contributed by atoms with van der Waals surface area (Å²) in [5.74, 6) is -1.37. The second-order valence-corrected chi connectivity index (χ2v) is 4.10. The highest BCUT2D eigenvalue weighted by molar-refractivity contribution is 5.72. The first kappa shape index (κ1) is 15.9. The van der Waals surface area contributed by atoms with Crippen LogP contribution in [0.1, 0.15) is 20.3 Å². The van der Waals surface area contributed by atoms with Gasteiger partial charge in [-0.05, 0) is 13.0 Å². The zero-order valence-electron chi connectivity index (χ0n) is 10.5. The number of nitrogens with zero attached hydrogens (tertiary/aromatic N) is 1. The number of carbonyl (C=O) groups is 2. The van der Waals surface area contributed by atoms with E-state index in [1.54, 1.807) is 6.92 Å². The number of amides is 1. The Morgan fingerprint density at radius 2 is 2.00 bits per heavy atom. The predicted molar refractivity (Wildman–Crippen MR) is 63.6 cm³/mol. The molecule has 0 aromatic rings. The van der Waals surface area contributed by atoms with Gasteiger partial charge in [-0.2, -0.15) is 0 Å². The Bertz CT molecular complexity index is 246. The van der Waals surface area contributed by atoms with E-state index in [1.165, 1.54) is 6.92 Å². The van der Waals surface area contributed by atoms with Gasteiger partial charge in [-0.1, -0.05) is 6.92 Å². The van der Waals surface area contributed by atoms with E-state index >= 15 is 0 Å². The molecule has 0 saturated heterocycles. The molecule has 0 aliphatic heterocycles. The molecule has 1 atom stereocenters. The van der Waals surface area contributed by atoms with E-state index in [4.69, 9.17) is 10.2 Å². The molecule has 3 N–H and O–H groups in total. The van der Waals surface area contributed by atoms with E-state index in [1.807, 2.05) is 4.90 Å². The first-order valence-corrected chi connectivity index (χ1v) is 5.77. The molecule has 1 unspecified atom stereocenters. The van der Waals surface area contributed by atoms with Crippen LogP contribution in [0.15, 0.2) is 0 Å². The van der Waals surface area contributed by atoms with Gasteiger partial charge in [-0.25, -0.2) is 0 Å². The minimum atomic E-state index is -0.838. The summed E-state index contributed by atoms with van der Waals surface area (Å²) in [5.41, 5.74) is 0. The largest absolute Gasteiger partial charge is 0.481 e. The third kappa shape index (κ3) is 8.65. The standard InChI is InChI=1S/C11H22N2O4/c1-9(11(16)17)8-13(6-7-14)5-3-4-12-10(2)15/h9,14H,3-8H2,1-2H3,(H,12,15)(H,16,17). The number of carbonyl (C=O) groups excluding carboxylic acids is 1. The minimum absolute atomic E-state index is 0.00642. The Labute approximate surface area is 102 Å². The molecule has 0 bridgehead atoms. The number of aliphatic carboxylic acids is 1. The topological polar surface area (TPSA) is 89.9 Å². The number of aliphatic hydroxyl groups is 1. The number of carboxylic acids is 1. The first-order chi connectivity index (χ1) is 7.97. The van der Waals surface area contributed by atoms with Crippen LogP contribution < -0.4 is 5.32 Å². The number of hydrogen-bond acceptors (Lipinski definition) is 4. The van der Waals surface area contributed by atoms with Gasteiger partial charge in [0.05, 0.1) is 12.5 Å². The lowest BCUT2D eigenvalue weighted by atomic mass is 10.1. The van der Waals surface area contributed by atoms with Gasteiger partial charge in [0, 0.05) is 26.6 Å². The van der Waals surface area contributed by atoms with Gasteiger partial charge in [0.1, 0.15) is 0 Å². The van der Waals surface area contributed by atoms with Crippen LogP contribution >= 0.6 is 0 Å². The molecule has 100 valence electrons. The summed E-state index contributed by atoms with van der Waals surface area (Å²) >= 11 is 0. The van der Waals surface area contributed by atoms with Crippen molar-refractivity contribution in [2.24, 2.45) is 5.92 Å². The van der Waals surface area contributed by atoms with E-state index in [0.717, 1.165) is 6.42 Å². The van der Waals surface area contributed by atoms with Gasteiger partial charge in [0.15, 0.2) is 0 Å². The zero-order chi connectivity index (χ0) is 13.3. The Morgan fingerprint density at radius 1 is 1.35 bits per heavy atom. The average Bonchev–Trinajstić information content (AvgIpc) is 2.23. The van der Waals surface area contributed by atoms with Gasteiger partial charge in [0.2, 0.25) is 5.91 Å². The number of carboxylic acid groups (broad SMARTS) is 1. The molecule has 0 aromatic heterocycles. The highest BCUT2D eigenvalue weighted by Gasteiger charge is 2.15. The average molecular weight is 246 g/mol. The summed E-state index contributed by atoms with van der Waals surface area (Å²) < 4.78 is 0. The number of rotatable bonds is 9. The second kappa shape index (κ2) is 8.95. The van der Waals surface area contributed by atoms with Crippen molar-refractivity contribution in [2.45, 2.75) is 20.3 Å². The third-order valence-corrected chi connectivity index (χ3v) is 2.39. The van der Waals surface area contributed by atoms with Crippen molar-refractivity contribution in [3.8, 4) is 0 Å². The summed E-state index contributed by atoms with van der Waals surface area (Å²) in [7, 11) is 0. The van der Waals surface area contributed by atoms with Crippen molar-refractivity contribution in [3.05, 3.63) is 0 Å². The summed E-state index contributed by atoms with van der Waals surface area (Å²) in [6.07, 6.45) is 0.742. The van der Waals surface area contributed by atoms with Crippen molar-refractivity contribution in [1.29, 1.82) is 0 Å². The molecule has 0 radical (unpaired) electrons. The number of hydrogen-bond donors (Lipinski definition) is 3. The molecule has 0 spiro atoms. The highest BCUT2D eigenvalue weighted by atomic mass is 16.4. The summed E-state index contributed by atoms with van der Waals surface area (Å²) in [4.78, 5) is 23.2. The summed E-state index contributed by atoms with van der Waals surface area (Å²) in [6, 6.07) is 0. The smallest absolute Gasteiger partial charge is 0.307 e. The van der Waals surface area contributed by atoms with Crippen molar-refractivity contribution in [3.63, 3.8) is 0 Å². The summed E-state index contributed by atoms with van der Waals surface area (Å²) in [6.45, 7) is 5.20. The SMILES string of the molecule is CC(=O)NCCCN(CCO)CC(C)C(=O)O. The Morgan fingerprint density at radius 3 is 2.47 bits per heavy atom. The lowest BCUT2D eigenvalue weighted by Crippen LogP contribution is -2.36. The van der Waals surface area contributed by atoms with Gasteiger partial charge in [-0.3, -0.25) is 9.59 Å². The van der Waals surface area contributed by atoms with Crippen LogP contribution in [0, 0.1) is 5.92 Å². The first-order valence-electron chi connectivity index (χ1n) is 5.77. The zero-order valence-corrected chi connectivity index (χ0v) is 10.5. The molecule has 6 heteroatoms. The van der Waals surface area contributed by atoms with E-state index in [-0.39, 0.29) is 12.5 Å². The molecule has 6 nitrogen and oxygen atoms in total. The van der Waals surface area contributed by atoms with Crippen LogP contribution in [0.3, 0.4) is 0 Å². The van der Waals surface area contributed by atoms with Crippen LogP contribution in [0.25, 0.3) is 0 Å². The second-order valence-electron chi connectivity index (χ2n) is 4.10. The van der Waals surface area contributed by atoms with Gasteiger partial charge in [0.25, 0.3) is 0 Å². The van der Waals surface area contributed by atoms with Crippen molar-refractivity contribution in [1.82, 2.24) is 10.2 Å². The van der Waals surface area contributed by atoms with Crippen molar-refractivity contribution < 1.29 is 19.8 Å². The normalized spacial score (nSPS) is 12.5. The molecule has 0 heterocycles. The van der Waals surface area contributed by atoms with Crippen LogP contribution in [-0.2, 0) is 9.59 Å². The Kier molecular flexibility index (Phi) is 8.35. The van der Waals surface area contributed by atoms with Crippen molar-refractivity contribution >= 4 is 11.9 Å². The molecule has 0 rings (SSSR count). The highest BCUT2D eigenvalue weighted by Crippen LogP contribution is 2.01. The lowest BCUT2D eigenvalue weighted by molar-refractivity contribution is -0.141. The fourth-order valence-electron chi connectivity index (χ4n) is 1.47. The molecule has 0 aliphatic carbocycles. The lowest BCUT2D eigenvalue weighted by Gasteiger charge is -2.23. The maximum atomic E-state index is 10.7. The third-order valence-electron chi connectivity index (χ3n) is 2.39. The predicted octanol–water partition coefficient (Wildman–Crippen LogP) is -0.472. The van der Waals surface area contributed by atoms with Gasteiger partial charge in [-0.15, -0.1) is 0 Å². The van der Waals surface area contributed by atoms with Crippen LogP contribution in [0.5, 0.6) is 0 Å². The van der Waals surface area contributed by atoms with Crippen molar-refractivity contribution in [2.75, 3.05) is 32.8 Å². The quantitative estimate of drug-likeness (QED) is 0.478. The Hall–Kier alpha value is -1.14. The molecule has 1 amide bonds. The summed E-state index contributed by atoms with van der Waals surface area (Å²) in [5, 5.41) is 20.3. The maximum Gasteiger partial charge on any atom is 0.307 e. The van der Waals surface area contributed by atoms with E-state index in [9.17, 15) is 9.59 Å². The fourth-order valence-corrected chi connectivity index (χ4v) is 1.47. The van der Waals surface area contributed by atoms with Crippen LogP contribution in [-0.4, -0.2) is 59.8 Å². The van der Waals surface area contributed by atoms with E-state index in [0.29, 0.717) is 26.2 Å². The monoisotopic (exact) mass is 246 g/mol. The molecule has 0 saturated carbocycles. The van der Waals surface area contributed by atoms with Crippen LogP contribution in [0.4, 0.5) is 0 Å². The molecular formula is C11H22N2O4. The maximum absolute atomic E-state index is 10.7. The van der Waals surface area contributed by atoms with Gasteiger partial charge < -0.3 is 20.4 Å². The molecule has 0 aliphatic rings. The minimum Gasteiger partial charge on any atom is -0.481 e. The van der Waals surface area contributed by atoms with E-state index < -0.39 is 11.9 Å². The molecule has 0 fully saturated rings. The van der Waals surface area contributed by atoms with Gasteiger partial charge >= 0.3 is 5.97 Å². The van der Waals surface area contributed by atoms with Crippen LogP contribution in [0.2, 0.25) is 0 Å². The Balaban J connectivity index is 3.89. The number of aliphatic hydroxyl groups excluding tert-OH is 1. The fraction of sp³-hybridized carbons (Fsp3) is 0.818. The molecule has 17 heavy (non-hydrogen) atoms. The molecule has 0 aromatic carbocycles. The van der Waals surface area contributed by atoms with E-state index in [2.05, 4.69) is 5.32 Å². The number of nitrogens with one attached hydrogen (secondary N) is 1. The molecular weight excluding hydrogens is 224 g/mol.